The highest BCUT2D eigenvalue weighted by Crippen LogP contribution is 2.22. The normalized spacial score (nSPS) is 11.0. The van der Waals surface area contributed by atoms with Gasteiger partial charge in [-0.3, -0.25) is 0 Å². The average molecular weight is 645 g/mol. The van der Waals surface area contributed by atoms with Gasteiger partial charge in [0.2, 0.25) is 0 Å². The Morgan fingerprint density at radius 1 is 0.596 bits per heavy atom. The van der Waals surface area contributed by atoms with Crippen molar-refractivity contribution in [2.45, 2.75) is 51.6 Å². The van der Waals surface area contributed by atoms with E-state index in [2.05, 4.69) is 20.1 Å². The fraction of sp³-hybridized carbons (Fsp3) is 0.297. The van der Waals surface area contributed by atoms with Crippen LogP contribution in [0.25, 0.3) is 0 Å². The molecule has 0 fully saturated rings. The van der Waals surface area contributed by atoms with Crippen molar-refractivity contribution in [1.82, 2.24) is 0 Å². The first kappa shape index (κ1) is 36.1. The van der Waals surface area contributed by atoms with Crippen LogP contribution in [0.1, 0.15) is 66.2 Å². The van der Waals surface area contributed by atoms with Gasteiger partial charge in [0, 0.05) is 12.2 Å². The molecule has 0 aliphatic carbocycles. The first-order chi connectivity index (χ1) is 22.8. The fourth-order valence-corrected chi connectivity index (χ4v) is 4.11. The molecular formula is C37H40O10. The molecule has 0 bridgehead atoms. The van der Waals surface area contributed by atoms with Crippen molar-refractivity contribution in [3.05, 3.63) is 109 Å². The van der Waals surface area contributed by atoms with E-state index in [1.807, 2.05) is 0 Å². The molecule has 0 spiro atoms. The van der Waals surface area contributed by atoms with Crippen LogP contribution in [0.4, 0.5) is 0 Å². The van der Waals surface area contributed by atoms with Gasteiger partial charge in [-0.05, 0) is 79.2 Å². The maximum Gasteiger partial charge on any atom is 0.343 e. The van der Waals surface area contributed by atoms with Gasteiger partial charge in [0.15, 0.2) is 6.10 Å². The molecule has 0 heterocycles. The zero-order valence-electron chi connectivity index (χ0n) is 26.5. The summed E-state index contributed by atoms with van der Waals surface area (Å²) >= 11 is 0. The second-order valence-electron chi connectivity index (χ2n) is 10.3. The lowest BCUT2D eigenvalue weighted by Gasteiger charge is -2.17. The van der Waals surface area contributed by atoms with E-state index in [0.717, 1.165) is 25.0 Å². The van der Waals surface area contributed by atoms with Crippen LogP contribution >= 0.6 is 0 Å². The maximum atomic E-state index is 12.7. The second-order valence-corrected chi connectivity index (χ2v) is 10.3. The fourth-order valence-electron chi connectivity index (χ4n) is 4.11. The van der Waals surface area contributed by atoms with Gasteiger partial charge in [-0.15, -0.1) is 0 Å². The van der Waals surface area contributed by atoms with Crippen LogP contribution in [0.5, 0.6) is 23.0 Å². The average Bonchev–Trinajstić information content (AvgIpc) is 3.10. The first-order valence-electron chi connectivity index (χ1n) is 15.4. The van der Waals surface area contributed by atoms with E-state index in [1.54, 1.807) is 24.3 Å². The molecule has 0 radical (unpaired) electrons. The highest BCUT2D eigenvalue weighted by Gasteiger charge is 2.17. The molecule has 0 aliphatic rings. The summed E-state index contributed by atoms with van der Waals surface area (Å²) in [7, 11) is 0. The standard InChI is InChI=1S/C37H40O10/c1-4-7-8-9-10-11-24-42-29-16-12-27(13-17-29)36(40)46-31-20-22-32(23-21-31)47-37(41)28-14-18-30(19-15-28)43-25-33(45-35(39)6-3)26-44-34(38)5-2/h5-6,12-23,33H,2-4,7-11,24-26H2,1H3. The van der Waals surface area contributed by atoms with Crippen LogP contribution in [0.2, 0.25) is 0 Å². The monoisotopic (exact) mass is 644 g/mol. The van der Waals surface area contributed by atoms with E-state index in [1.165, 1.54) is 74.2 Å². The molecule has 0 aromatic heterocycles. The molecular weight excluding hydrogens is 604 g/mol. The Labute approximate surface area is 274 Å². The zero-order valence-corrected chi connectivity index (χ0v) is 26.5. The van der Waals surface area contributed by atoms with Crippen LogP contribution in [0, 0.1) is 0 Å². The number of esters is 4. The number of ether oxygens (including phenoxy) is 6. The second kappa shape index (κ2) is 19.9. The van der Waals surface area contributed by atoms with Crippen LogP contribution in [-0.4, -0.2) is 49.8 Å². The number of hydrogen-bond acceptors (Lipinski definition) is 10. The van der Waals surface area contributed by atoms with Crippen LogP contribution in [0.15, 0.2) is 98.1 Å². The molecule has 0 saturated heterocycles. The highest BCUT2D eigenvalue weighted by atomic mass is 16.6. The van der Waals surface area contributed by atoms with Crippen molar-refractivity contribution < 1.29 is 47.6 Å². The molecule has 47 heavy (non-hydrogen) atoms. The Kier molecular flexibility index (Phi) is 15.3. The van der Waals surface area contributed by atoms with Gasteiger partial charge in [-0.25, -0.2) is 19.2 Å². The smallest absolute Gasteiger partial charge is 0.343 e. The van der Waals surface area contributed by atoms with Gasteiger partial charge < -0.3 is 28.4 Å². The van der Waals surface area contributed by atoms with E-state index in [-0.39, 0.29) is 30.3 Å². The van der Waals surface area contributed by atoms with Crippen LogP contribution in [-0.2, 0) is 19.1 Å². The SMILES string of the molecule is C=CC(=O)OCC(COc1ccc(C(=O)Oc2ccc(OC(=O)c3ccc(OCCCCCCCC)cc3)cc2)cc1)OC(=O)C=C. The van der Waals surface area contributed by atoms with Crippen molar-refractivity contribution in [2.24, 2.45) is 0 Å². The molecule has 10 nitrogen and oxygen atoms in total. The van der Waals surface area contributed by atoms with Crippen molar-refractivity contribution in [3.63, 3.8) is 0 Å². The lowest BCUT2D eigenvalue weighted by Crippen LogP contribution is -2.30. The van der Waals surface area contributed by atoms with E-state index in [9.17, 15) is 19.2 Å². The summed E-state index contributed by atoms with van der Waals surface area (Å²) in [5.41, 5.74) is 0.631. The summed E-state index contributed by atoms with van der Waals surface area (Å²) in [5, 5.41) is 0. The predicted octanol–water partition coefficient (Wildman–Crippen LogP) is 7.07. The van der Waals surface area contributed by atoms with Gasteiger partial charge in [-0.1, -0.05) is 52.2 Å². The van der Waals surface area contributed by atoms with E-state index in [4.69, 9.17) is 28.4 Å². The number of hydrogen-bond donors (Lipinski definition) is 0. The van der Waals surface area contributed by atoms with Crippen molar-refractivity contribution in [3.8, 4) is 23.0 Å². The molecule has 0 N–H and O–H groups in total. The third-order valence-electron chi connectivity index (χ3n) is 6.66. The number of rotatable bonds is 20. The molecule has 3 rings (SSSR count). The molecule has 0 aliphatic heterocycles. The number of carbonyl (C=O) groups is 4. The Morgan fingerprint density at radius 3 is 1.57 bits per heavy atom. The predicted molar refractivity (Wildman–Crippen MR) is 175 cm³/mol. The van der Waals surface area contributed by atoms with Crippen molar-refractivity contribution in [2.75, 3.05) is 19.8 Å². The van der Waals surface area contributed by atoms with Gasteiger partial charge in [0.25, 0.3) is 0 Å². The molecule has 0 amide bonds. The van der Waals surface area contributed by atoms with Crippen molar-refractivity contribution in [1.29, 1.82) is 0 Å². The van der Waals surface area contributed by atoms with Gasteiger partial charge >= 0.3 is 23.9 Å². The van der Waals surface area contributed by atoms with E-state index < -0.39 is 30.0 Å². The number of benzene rings is 3. The van der Waals surface area contributed by atoms with Crippen LogP contribution < -0.4 is 18.9 Å². The summed E-state index contributed by atoms with van der Waals surface area (Å²) in [5.74, 6) is -0.901. The number of carbonyl (C=O) groups excluding carboxylic acids is 4. The summed E-state index contributed by atoms with van der Waals surface area (Å²) in [6.07, 6.45) is 8.20. The first-order valence-corrected chi connectivity index (χ1v) is 15.4. The molecule has 248 valence electrons. The lowest BCUT2D eigenvalue weighted by atomic mass is 10.1. The summed E-state index contributed by atoms with van der Waals surface area (Å²) < 4.78 is 32.3. The Morgan fingerprint density at radius 2 is 1.06 bits per heavy atom. The maximum absolute atomic E-state index is 12.7. The third-order valence-corrected chi connectivity index (χ3v) is 6.66. The third kappa shape index (κ3) is 13.2. The van der Waals surface area contributed by atoms with Gasteiger partial charge in [0.05, 0.1) is 17.7 Å². The van der Waals surface area contributed by atoms with Crippen LogP contribution in [0.3, 0.4) is 0 Å². The minimum atomic E-state index is -0.893. The summed E-state index contributed by atoms with van der Waals surface area (Å²) in [4.78, 5) is 48.2. The minimum Gasteiger partial charge on any atom is -0.494 e. The highest BCUT2D eigenvalue weighted by molar-refractivity contribution is 5.92. The van der Waals surface area contributed by atoms with Gasteiger partial charge in [-0.2, -0.15) is 0 Å². The Hall–Kier alpha value is -5.38. The molecule has 3 aromatic rings. The van der Waals surface area contributed by atoms with E-state index in [0.29, 0.717) is 23.7 Å². The zero-order chi connectivity index (χ0) is 33.9. The number of unbranched alkanes of at least 4 members (excludes halogenated alkanes) is 5. The van der Waals surface area contributed by atoms with E-state index >= 15 is 0 Å². The quantitative estimate of drug-likeness (QED) is 0.0546. The summed E-state index contributed by atoms with van der Waals surface area (Å²) in [6.45, 7) is 9.12. The topological polar surface area (TPSA) is 124 Å². The molecule has 0 saturated carbocycles. The van der Waals surface area contributed by atoms with Crippen molar-refractivity contribution >= 4 is 23.9 Å². The summed E-state index contributed by atoms with van der Waals surface area (Å²) in [6, 6.07) is 19.0. The largest absolute Gasteiger partial charge is 0.494 e. The Balaban J connectivity index is 1.44. The molecule has 3 aromatic carbocycles. The minimum absolute atomic E-state index is 0.121. The molecule has 1 unspecified atom stereocenters. The molecule has 10 heteroatoms. The Bertz CT molecular complexity index is 1460. The lowest BCUT2D eigenvalue weighted by molar-refractivity contribution is -0.154. The molecule has 1 atom stereocenters. The van der Waals surface area contributed by atoms with Gasteiger partial charge in [0.1, 0.15) is 36.2 Å².